The van der Waals surface area contributed by atoms with E-state index in [1.807, 2.05) is 33.8 Å². The molecule has 0 bridgehead atoms. The third-order valence-electron chi connectivity index (χ3n) is 6.07. The van der Waals surface area contributed by atoms with E-state index in [1.165, 1.54) is 4.31 Å². The lowest BCUT2D eigenvalue weighted by Crippen LogP contribution is -2.74. The summed E-state index contributed by atoms with van der Waals surface area (Å²) in [5, 5.41) is 2.88. The van der Waals surface area contributed by atoms with Crippen molar-refractivity contribution in [3.63, 3.8) is 0 Å². The Balaban J connectivity index is 1.81. The zero-order chi connectivity index (χ0) is 20.0. The number of benzene rings is 1. The number of nitrogens with one attached hydrogen (secondary N) is 1. The predicted octanol–water partition coefficient (Wildman–Crippen LogP) is 2.01. The number of rotatable bonds is 5. The minimum Gasteiger partial charge on any atom is -0.378 e. The molecule has 1 aliphatic heterocycles. The molecule has 0 radical (unpaired) electrons. The Hall–Kier alpha value is -1.64. The highest BCUT2D eigenvalue weighted by atomic mass is 32.2. The second-order valence-electron chi connectivity index (χ2n) is 8.04. The highest BCUT2D eigenvalue weighted by Crippen LogP contribution is 2.50. The molecule has 2 aliphatic rings. The van der Waals surface area contributed by atoms with Crippen molar-refractivity contribution in [3.05, 3.63) is 23.8 Å². The molecule has 0 aromatic heterocycles. The van der Waals surface area contributed by atoms with Gasteiger partial charge < -0.3 is 15.8 Å². The molecule has 2 atom stereocenters. The SMILES string of the molecule is CCOC1CC(N)(C(=O)Nc2ccc(C)c(N3CCCS3(=O)=O)c2)C1(C)C. The van der Waals surface area contributed by atoms with Crippen LogP contribution in [0.25, 0.3) is 0 Å². The summed E-state index contributed by atoms with van der Waals surface area (Å²) in [7, 11) is -3.28. The molecule has 1 aromatic carbocycles. The van der Waals surface area contributed by atoms with Gasteiger partial charge in [-0.15, -0.1) is 0 Å². The molecular weight excluding hydrogens is 366 g/mol. The fourth-order valence-electron chi connectivity index (χ4n) is 3.93. The normalized spacial score (nSPS) is 28.6. The van der Waals surface area contributed by atoms with Gasteiger partial charge in [-0.1, -0.05) is 19.9 Å². The van der Waals surface area contributed by atoms with Crippen LogP contribution in [0.5, 0.6) is 0 Å². The minimum absolute atomic E-state index is 0.0541. The summed E-state index contributed by atoms with van der Waals surface area (Å²) in [5.41, 5.74) is 6.91. The van der Waals surface area contributed by atoms with E-state index >= 15 is 0 Å². The number of aryl methyl sites for hydroxylation is 1. The number of ether oxygens (including phenoxy) is 1. The highest BCUT2D eigenvalue weighted by molar-refractivity contribution is 7.93. The van der Waals surface area contributed by atoms with Crippen LogP contribution >= 0.6 is 0 Å². The van der Waals surface area contributed by atoms with Crippen molar-refractivity contribution in [1.29, 1.82) is 0 Å². The molecule has 1 aliphatic carbocycles. The molecule has 8 heteroatoms. The van der Waals surface area contributed by atoms with Gasteiger partial charge in [0.15, 0.2) is 0 Å². The number of hydrogen-bond donors (Lipinski definition) is 2. The van der Waals surface area contributed by atoms with Gasteiger partial charge in [-0.25, -0.2) is 8.42 Å². The molecular formula is C19H29N3O4S. The van der Waals surface area contributed by atoms with Crippen LogP contribution in [-0.2, 0) is 19.6 Å². The van der Waals surface area contributed by atoms with Gasteiger partial charge in [0.25, 0.3) is 0 Å². The van der Waals surface area contributed by atoms with Gasteiger partial charge in [-0.05, 0) is 38.0 Å². The molecule has 3 N–H and O–H groups in total. The fourth-order valence-corrected chi connectivity index (χ4v) is 5.55. The maximum atomic E-state index is 12.9. The van der Waals surface area contributed by atoms with Crippen LogP contribution in [0.1, 0.15) is 39.2 Å². The summed E-state index contributed by atoms with van der Waals surface area (Å²) in [5.74, 6) is -0.121. The summed E-state index contributed by atoms with van der Waals surface area (Å²) in [6.45, 7) is 8.71. The summed E-state index contributed by atoms with van der Waals surface area (Å²) < 4.78 is 31.6. The Kier molecular flexibility index (Phi) is 5.03. The number of carbonyl (C=O) groups excluding carboxylic acids is 1. The van der Waals surface area contributed by atoms with Crippen molar-refractivity contribution < 1.29 is 17.9 Å². The standard InChI is InChI=1S/C19H29N3O4S/c1-5-26-16-12-19(20,18(16,3)4)17(23)21-14-8-7-13(2)15(11-14)22-9-6-10-27(22,24)25/h7-8,11,16H,5-6,9-10,12,20H2,1-4H3,(H,21,23). The molecule has 7 nitrogen and oxygen atoms in total. The number of amides is 1. The van der Waals surface area contributed by atoms with E-state index in [-0.39, 0.29) is 17.8 Å². The maximum absolute atomic E-state index is 12.9. The molecule has 27 heavy (non-hydrogen) atoms. The van der Waals surface area contributed by atoms with Crippen LogP contribution in [0, 0.1) is 12.3 Å². The third-order valence-corrected chi connectivity index (χ3v) is 7.93. The Labute approximate surface area is 161 Å². The molecule has 2 unspecified atom stereocenters. The van der Waals surface area contributed by atoms with Gasteiger partial charge in [-0.2, -0.15) is 0 Å². The van der Waals surface area contributed by atoms with Crippen LogP contribution in [0.2, 0.25) is 0 Å². The Morgan fingerprint density at radius 3 is 2.67 bits per heavy atom. The van der Waals surface area contributed by atoms with Crippen LogP contribution < -0.4 is 15.4 Å². The number of sulfonamides is 1. The first kappa shape index (κ1) is 20.1. The Bertz CT molecular complexity index is 853. The molecule has 3 rings (SSSR count). The molecule has 150 valence electrons. The van der Waals surface area contributed by atoms with Crippen LogP contribution in [-0.4, -0.2) is 44.9 Å². The first-order chi connectivity index (χ1) is 12.5. The highest BCUT2D eigenvalue weighted by Gasteiger charge is 2.62. The second-order valence-corrected chi connectivity index (χ2v) is 10.1. The first-order valence-corrected chi connectivity index (χ1v) is 11.0. The predicted molar refractivity (Wildman–Crippen MR) is 106 cm³/mol. The van der Waals surface area contributed by atoms with Crippen molar-refractivity contribution >= 4 is 27.3 Å². The topological polar surface area (TPSA) is 102 Å². The van der Waals surface area contributed by atoms with Crippen molar-refractivity contribution in [2.24, 2.45) is 11.1 Å². The number of hydrogen-bond acceptors (Lipinski definition) is 5. The maximum Gasteiger partial charge on any atom is 0.245 e. The van der Waals surface area contributed by atoms with Gasteiger partial charge in [0.2, 0.25) is 15.9 Å². The van der Waals surface area contributed by atoms with Gasteiger partial charge in [0.05, 0.1) is 17.5 Å². The zero-order valence-corrected chi connectivity index (χ0v) is 17.2. The Morgan fingerprint density at radius 2 is 2.11 bits per heavy atom. The van der Waals surface area contributed by atoms with Crippen LogP contribution in [0.4, 0.5) is 11.4 Å². The van der Waals surface area contributed by atoms with Crippen molar-refractivity contribution in [2.45, 2.75) is 52.2 Å². The van der Waals surface area contributed by atoms with Crippen molar-refractivity contribution in [3.8, 4) is 0 Å². The quantitative estimate of drug-likeness (QED) is 0.794. The van der Waals surface area contributed by atoms with Gasteiger partial charge in [-0.3, -0.25) is 9.10 Å². The van der Waals surface area contributed by atoms with E-state index in [0.29, 0.717) is 37.4 Å². The van der Waals surface area contributed by atoms with E-state index in [4.69, 9.17) is 10.5 Å². The third kappa shape index (κ3) is 3.23. The van der Waals surface area contributed by atoms with Gasteiger partial charge >= 0.3 is 0 Å². The zero-order valence-electron chi connectivity index (χ0n) is 16.4. The van der Waals surface area contributed by atoms with Crippen LogP contribution in [0.3, 0.4) is 0 Å². The summed E-state index contributed by atoms with van der Waals surface area (Å²) in [6.07, 6.45) is 1.01. The van der Waals surface area contributed by atoms with Crippen molar-refractivity contribution in [1.82, 2.24) is 0 Å². The average Bonchev–Trinajstić information content (AvgIpc) is 2.95. The molecule has 1 aromatic rings. The molecule has 0 spiro atoms. The number of nitrogens with zero attached hydrogens (tertiary/aromatic N) is 1. The number of nitrogens with two attached hydrogens (primary N) is 1. The van der Waals surface area contributed by atoms with E-state index < -0.39 is 21.0 Å². The summed E-state index contributed by atoms with van der Waals surface area (Å²) in [4.78, 5) is 12.9. The van der Waals surface area contributed by atoms with Crippen molar-refractivity contribution in [2.75, 3.05) is 28.5 Å². The number of carbonyl (C=O) groups is 1. The summed E-state index contributed by atoms with van der Waals surface area (Å²) >= 11 is 0. The lowest BCUT2D eigenvalue weighted by atomic mass is 9.54. The molecule has 2 fully saturated rings. The van der Waals surface area contributed by atoms with E-state index in [0.717, 1.165) is 5.56 Å². The monoisotopic (exact) mass is 395 g/mol. The van der Waals surface area contributed by atoms with Crippen LogP contribution in [0.15, 0.2) is 18.2 Å². The van der Waals surface area contributed by atoms with E-state index in [2.05, 4.69) is 5.32 Å². The molecule has 1 amide bonds. The lowest BCUT2D eigenvalue weighted by Gasteiger charge is -2.57. The van der Waals surface area contributed by atoms with E-state index in [9.17, 15) is 13.2 Å². The molecule has 1 heterocycles. The largest absolute Gasteiger partial charge is 0.378 e. The Morgan fingerprint density at radius 1 is 1.41 bits per heavy atom. The molecule has 1 saturated heterocycles. The lowest BCUT2D eigenvalue weighted by molar-refractivity contribution is -0.166. The fraction of sp³-hybridized carbons (Fsp3) is 0.632. The first-order valence-electron chi connectivity index (χ1n) is 9.36. The van der Waals surface area contributed by atoms with E-state index in [1.54, 1.807) is 12.1 Å². The average molecular weight is 396 g/mol. The smallest absolute Gasteiger partial charge is 0.245 e. The van der Waals surface area contributed by atoms with Gasteiger partial charge in [0.1, 0.15) is 5.54 Å². The minimum atomic E-state index is -3.28. The molecule has 1 saturated carbocycles. The van der Waals surface area contributed by atoms with Gasteiger partial charge in [0, 0.05) is 30.7 Å². The second kappa shape index (κ2) is 6.76. The number of anilines is 2. The summed E-state index contributed by atoms with van der Waals surface area (Å²) in [6, 6.07) is 5.30.